The lowest BCUT2D eigenvalue weighted by Gasteiger charge is -2.28. The average molecular weight is 523 g/mol. The third-order valence-electron chi connectivity index (χ3n) is 6.12. The van der Waals surface area contributed by atoms with E-state index in [1.807, 2.05) is 14.1 Å². The highest BCUT2D eigenvalue weighted by Crippen LogP contribution is 2.31. The number of nitrogens with one attached hydrogen (secondary N) is 1. The van der Waals surface area contributed by atoms with E-state index in [0.717, 1.165) is 4.90 Å². The molecule has 0 spiro atoms. The second-order valence-electron chi connectivity index (χ2n) is 9.48. The van der Waals surface area contributed by atoms with E-state index in [9.17, 15) is 22.8 Å². The van der Waals surface area contributed by atoms with E-state index in [1.165, 1.54) is 12.3 Å². The molecule has 1 aromatic heterocycles. The lowest BCUT2D eigenvalue weighted by atomic mass is 10.1. The van der Waals surface area contributed by atoms with Gasteiger partial charge in [-0.2, -0.15) is 5.26 Å². The van der Waals surface area contributed by atoms with Gasteiger partial charge in [0.2, 0.25) is 5.91 Å². The van der Waals surface area contributed by atoms with Gasteiger partial charge < -0.3 is 24.2 Å². The SMILES string of the molecule is C[N+](C)(CCF)CCOCCOc1ccc2nccc(C(=O)NCC(=O)N3CC(F)(F)C[C@H]3C#N)c2c1. The number of aromatic nitrogens is 1. The topological polar surface area (TPSA) is 105 Å². The number of nitrogens with zero attached hydrogens (tertiary/aromatic N) is 4. The summed E-state index contributed by atoms with van der Waals surface area (Å²) in [6, 6.07) is 7.00. The molecule has 3 rings (SSSR count). The highest BCUT2D eigenvalue weighted by molar-refractivity contribution is 6.07. The molecule has 0 unspecified atom stereocenters. The predicted molar refractivity (Wildman–Crippen MR) is 129 cm³/mol. The fraction of sp³-hybridized carbons (Fsp3) is 0.520. The van der Waals surface area contributed by atoms with Crippen LogP contribution in [-0.4, -0.2) is 105 Å². The lowest BCUT2D eigenvalue weighted by molar-refractivity contribution is -0.890. The normalized spacial score (nSPS) is 17.0. The van der Waals surface area contributed by atoms with Gasteiger partial charge in [0.05, 0.1) is 57.5 Å². The Labute approximate surface area is 213 Å². The standard InChI is InChI=1S/C25H30F3N5O4/c1-33(2,8-6-26)9-10-36-11-12-37-19-3-4-22-21(13-19)20(5-7-30-22)24(35)31-16-23(34)32-17-25(27,28)14-18(32)15-29/h3-5,7,13,18H,6,8-12,14,16-17H2,1-2H3/p+1/t18-/m0/s1. The van der Waals surface area contributed by atoms with Crippen LogP contribution in [-0.2, 0) is 9.53 Å². The van der Waals surface area contributed by atoms with E-state index < -0.39 is 43.3 Å². The zero-order valence-corrected chi connectivity index (χ0v) is 20.9. The Morgan fingerprint density at radius 3 is 2.76 bits per heavy atom. The third kappa shape index (κ3) is 7.77. The number of likely N-dealkylation sites (tertiary alicyclic amines) is 1. The number of likely N-dealkylation sites (N-methyl/N-ethyl adjacent to an activating group) is 1. The minimum atomic E-state index is -3.13. The maximum atomic E-state index is 13.6. The van der Waals surface area contributed by atoms with Crippen LogP contribution in [0, 0.1) is 11.3 Å². The molecule has 1 N–H and O–H groups in total. The quantitative estimate of drug-likeness (QED) is 0.339. The van der Waals surface area contributed by atoms with E-state index in [4.69, 9.17) is 14.7 Å². The summed E-state index contributed by atoms with van der Waals surface area (Å²) in [6.07, 6.45) is 0.728. The van der Waals surface area contributed by atoms with E-state index in [1.54, 1.807) is 24.3 Å². The Kier molecular flexibility index (Phi) is 9.29. The molecule has 0 bridgehead atoms. The number of benzene rings is 1. The first kappa shape index (κ1) is 28.1. The van der Waals surface area contributed by atoms with Gasteiger partial charge in [-0.3, -0.25) is 14.6 Å². The highest BCUT2D eigenvalue weighted by atomic mass is 19.3. The molecule has 0 radical (unpaired) electrons. The fourth-order valence-corrected chi connectivity index (χ4v) is 3.93. The van der Waals surface area contributed by atoms with E-state index in [0.29, 0.717) is 47.4 Å². The Balaban J connectivity index is 1.56. The molecule has 1 aromatic carbocycles. The minimum Gasteiger partial charge on any atom is -0.491 e. The van der Waals surface area contributed by atoms with Crippen LogP contribution in [0.3, 0.4) is 0 Å². The van der Waals surface area contributed by atoms with Crippen LogP contribution < -0.4 is 10.1 Å². The van der Waals surface area contributed by atoms with Crippen molar-refractivity contribution in [3.05, 3.63) is 36.0 Å². The number of ether oxygens (including phenoxy) is 2. The number of alkyl halides is 3. The van der Waals surface area contributed by atoms with E-state index >= 15 is 0 Å². The number of pyridine rings is 1. The second-order valence-corrected chi connectivity index (χ2v) is 9.48. The summed E-state index contributed by atoms with van der Waals surface area (Å²) >= 11 is 0. The Morgan fingerprint density at radius 2 is 2.03 bits per heavy atom. The van der Waals surface area contributed by atoms with Gasteiger partial charge in [0, 0.05) is 18.0 Å². The average Bonchev–Trinajstić information content (AvgIpc) is 3.18. The predicted octanol–water partition coefficient (Wildman–Crippen LogP) is 2.17. The number of quaternary nitrogens is 1. The molecule has 37 heavy (non-hydrogen) atoms. The van der Waals surface area contributed by atoms with Crippen molar-refractivity contribution in [2.45, 2.75) is 18.4 Å². The summed E-state index contributed by atoms with van der Waals surface area (Å²) in [6.45, 7) is 0.387. The Hall–Kier alpha value is -3.43. The number of hydrogen-bond acceptors (Lipinski definition) is 6. The van der Waals surface area contributed by atoms with Crippen LogP contribution >= 0.6 is 0 Å². The maximum Gasteiger partial charge on any atom is 0.268 e. The van der Waals surface area contributed by atoms with Crippen molar-refractivity contribution in [2.75, 3.05) is 66.8 Å². The van der Waals surface area contributed by atoms with Crippen molar-refractivity contribution in [1.82, 2.24) is 15.2 Å². The van der Waals surface area contributed by atoms with Gasteiger partial charge in [0.1, 0.15) is 38.2 Å². The first-order valence-corrected chi connectivity index (χ1v) is 11.9. The number of hydrogen-bond donors (Lipinski definition) is 1. The molecule has 1 aliphatic heterocycles. The number of rotatable bonds is 12. The van der Waals surface area contributed by atoms with Crippen molar-refractivity contribution >= 4 is 22.7 Å². The van der Waals surface area contributed by atoms with Crippen LogP contribution in [0.2, 0.25) is 0 Å². The number of fused-ring (bicyclic) bond motifs is 1. The summed E-state index contributed by atoms with van der Waals surface area (Å²) in [5.74, 6) is -3.99. The molecule has 1 aliphatic rings. The number of nitriles is 1. The molecule has 1 fully saturated rings. The fourth-order valence-electron chi connectivity index (χ4n) is 3.93. The molecule has 0 saturated carbocycles. The molecule has 9 nitrogen and oxygen atoms in total. The van der Waals surface area contributed by atoms with Crippen LogP contribution in [0.1, 0.15) is 16.8 Å². The van der Waals surface area contributed by atoms with Gasteiger partial charge >= 0.3 is 0 Å². The molecule has 2 amide bonds. The summed E-state index contributed by atoms with van der Waals surface area (Å²) in [5, 5.41) is 12.0. The van der Waals surface area contributed by atoms with Crippen molar-refractivity contribution < 1.29 is 36.7 Å². The van der Waals surface area contributed by atoms with Crippen LogP contribution in [0.25, 0.3) is 10.9 Å². The molecule has 0 aliphatic carbocycles. The van der Waals surface area contributed by atoms with Gasteiger partial charge in [-0.05, 0) is 24.3 Å². The molecule has 2 heterocycles. The lowest BCUT2D eigenvalue weighted by Crippen LogP contribution is -2.43. The van der Waals surface area contributed by atoms with E-state index in [-0.39, 0.29) is 18.8 Å². The zero-order valence-electron chi connectivity index (χ0n) is 20.9. The van der Waals surface area contributed by atoms with Crippen molar-refractivity contribution in [2.24, 2.45) is 0 Å². The van der Waals surface area contributed by atoms with Gasteiger partial charge in [-0.1, -0.05) is 0 Å². The van der Waals surface area contributed by atoms with Crippen molar-refractivity contribution in [1.29, 1.82) is 5.26 Å². The van der Waals surface area contributed by atoms with E-state index in [2.05, 4.69) is 10.3 Å². The van der Waals surface area contributed by atoms with Gasteiger partial charge in [0.25, 0.3) is 11.8 Å². The van der Waals surface area contributed by atoms with Crippen LogP contribution in [0.5, 0.6) is 5.75 Å². The molecule has 12 heteroatoms. The third-order valence-corrected chi connectivity index (χ3v) is 6.12. The monoisotopic (exact) mass is 522 g/mol. The van der Waals surface area contributed by atoms with Gasteiger partial charge in [-0.25, -0.2) is 13.2 Å². The van der Waals surface area contributed by atoms with Crippen molar-refractivity contribution in [3.8, 4) is 11.8 Å². The molecule has 1 atom stereocenters. The van der Waals surface area contributed by atoms with Gasteiger partial charge in [0.15, 0.2) is 0 Å². The molecule has 2 aromatic rings. The largest absolute Gasteiger partial charge is 0.491 e. The zero-order chi connectivity index (χ0) is 27.1. The maximum absolute atomic E-state index is 13.6. The molecular weight excluding hydrogens is 491 g/mol. The number of carbonyl (C=O) groups excluding carboxylic acids is 2. The van der Waals surface area contributed by atoms with Crippen LogP contribution in [0.4, 0.5) is 13.2 Å². The molecular formula is C25H31F3N5O4+. The number of amides is 2. The smallest absolute Gasteiger partial charge is 0.268 e. The number of carbonyl (C=O) groups is 2. The van der Waals surface area contributed by atoms with Gasteiger partial charge in [-0.15, -0.1) is 0 Å². The Bertz CT molecular complexity index is 1150. The second kappa shape index (κ2) is 12.2. The summed E-state index contributed by atoms with van der Waals surface area (Å²) in [7, 11) is 3.86. The number of halogens is 3. The first-order valence-electron chi connectivity index (χ1n) is 11.9. The van der Waals surface area contributed by atoms with Crippen molar-refractivity contribution in [3.63, 3.8) is 0 Å². The summed E-state index contributed by atoms with van der Waals surface area (Å²) < 4.78 is 51.6. The Morgan fingerprint density at radius 1 is 1.24 bits per heavy atom. The summed E-state index contributed by atoms with van der Waals surface area (Å²) in [5.41, 5.74) is 0.759. The minimum absolute atomic E-state index is 0.232. The first-order chi connectivity index (χ1) is 17.5. The molecule has 200 valence electrons. The van der Waals surface area contributed by atoms with Crippen LogP contribution in [0.15, 0.2) is 30.5 Å². The highest BCUT2D eigenvalue weighted by Gasteiger charge is 2.47. The molecule has 1 saturated heterocycles. The summed E-state index contributed by atoms with van der Waals surface area (Å²) in [4.78, 5) is 30.2.